The molecule has 1 atom stereocenters. The lowest BCUT2D eigenvalue weighted by atomic mass is 10.2. The average Bonchev–Trinajstić information content (AvgIpc) is 3.07. The van der Waals surface area contributed by atoms with Crippen molar-refractivity contribution in [3.8, 4) is 5.69 Å². The van der Waals surface area contributed by atoms with E-state index in [2.05, 4.69) is 44.8 Å². The van der Waals surface area contributed by atoms with Gasteiger partial charge < -0.3 is 14.4 Å². The van der Waals surface area contributed by atoms with Crippen LogP contribution in [0.2, 0.25) is 0 Å². The van der Waals surface area contributed by atoms with E-state index >= 15 is 0 Å². The van der Waals surface area contributed by atoms with E-state index in [4.69, 9.17) is 0 Å². The van der Waals surface area contributed by atoms with Crippen LogP contribution in [0.1, 0.15) is 6.42 Å². The van der Waals surface area contributed by atoms with Gasteiger partial charge in [-0.3, -0.25) is 0 Å². The summed E-state index contributed by atoms with van der Waals surface area (Å²) in [6, 6.07) is 5.84. The summed E-state index contributed by atoms with van der Waals surface area (Å²) in [5.74, 6) is -0.184. The van der Waals surface area contributed by atoms with E-state index in [1.807, 2.05) is 18.3 Å². The number of aromatic nitrogens is 2. The molecule has 21 heavy (non-hydrogen) atoms. The highest BCUT2D eigenvalue weighted by Gasteiger charge is 2.25. The summed E-state index contributed by atoms with van der Waals surface area (Å²) >= 11 is 3.30. The number of hydrogen-bond donors (Lipinski definition) is 0. The van der Waals surface area contributed by atoms with E-state index in [0.29, 0.717) is 11.7 Å². The van der Waals surface area contributed by atoms with E-state index in [-0.39, 0.29) is 5.82 Å². The fraction of sp³-hybridized carbons (Fsp3) is 0.400. The zero-order valence-electron chi connectivity index (χ0n) is 12.1. The first-order valence-corrected chi connectivity index (χ1v) is 7.74. The van der Waals surface area contributed by atoms with Gasteiger partial charge in [-0.25, -0.2) is 9.37 Å². The first kappa shape index (κ1) is 14.5. The van der Waals surface area contributed by atoms with Gasteiger partial charge in [-0.15, -0.1) is 0 Å². The van der Waals surface area contributed by atoms with Crippen LogP contribution in [0.5, 0.6) is 0 Å². The normalized spacial score (nSPS) is 18.7. The molecule has 0 spiro atoms. The summed E-state index contributed by atoms with van der Waals surface area (Å²) in [7, 11) is 4.15. The number of rotatable bonds is 3. The standard InChI is InChI=1S/C15H18BrFN4/c1-19(2)12-5-6-20(8-12)14-4-3-11(7-13(14)17)21-9-15(16)18-10-21/h3-4,7,9-10,12H,5-6,8H2,1-2H3/t12-/m1/s1. The summed E-state index contributed by atoms with van der Waals surface area (Å²) < 4.78 is 17.0. The number of likely N-dealkylation sites (N-methyl/N-ethyl adjacent to an activating group) is 1. The van der Waals surface area contributed by atoms with Crippen LogP contribution in [-0.2, 0) is 0 Å². The van der Waals surface area contributed by atoms with Crippen molar-refractivity contribution >= 4 is 21.6 Å². The number of halogens is 2. The molecule has 1 aliphatic rings. The SMILES string of the molecule is CN(C)[C@@H]1CCN(c2ccc(-n3cnc(Br)c3)cc2F)C1. The third kappa shape index (κ3) is 2.96. The predicted octanol–water partition coefficient (Wildman–Crippen LogP) is 2.91. The van der Waals surface area contributed by atoms with Gasteiger partial charge in [-0.1, -0.05) is 0 Å². The highest BCUT2D eigenvalue weighted by molar-refractivity contribution is 9.10. The molecule has 1 aliphatic heterocycles. The first-order valence-electron chi connectivity index (χ1n) is 6.95. The number of anilines is 1. The fourth-order valence-corrected chi connectivity index (χ4v) is 3.05. The van der Waals surface area contributed by atoms with Crippen LogP contribution in [0.4, 0.5) is 10.1 Å². The maximum absolute atomic E-state index is 14.4. The summed E-state index contributed by atoms with van der Waals surface area (Å²) in [4.78, 5) is 8.42. The Kier molecular flexibility index (Phi) is 3.99. The Balaban J connectivity index is 1.82. The first-order chi connectivity index (χ1) is 10.0. The van der Waals surface area contributed by atoms with Crippen molar-refractivity contribution in [2.45, 2.75) is 12.5 Å². The molecule has 0 amide bonds. The van der Waals surface area contributed by atoms with E-state index in [1.54, 1.807) is 17.0 Å². The zero-order chi connectivity index (χ0) is 15.0. The molecule has 1 aromatic heterocycles. The molecule has 0 aliphatic carbocycles. The molecule has 1 aromatic carbocycles. The third-order valence-corrected chi connectivity index (χ3v) is 4.42. The molecule has 0 bridgehead atoms. The lowest BCUT2D eigenvalue weighted by Gasteiger charge is -2.22. The molecule has 0 unspecified atom stereocenters. The molecule has 1 fully saturated rings. The molecule has 2 heterocycles. The number of hydrogen-bond acceptors (Lipinski definition) is 3. The van der Waals surface area contributed by atoms with Crippen molar-refractivity contribution in [3.05, 3.63) is 41.1 Å². The van der Waals surface area contributed by atoms with Crippen LogP contribution in [0.15, 0.2) is 35.3 Å². The number of imidazole rings is 1. The van der Waals surface area contributed by atoms with Gasteiger partial charge in [0.15, 0.2) is 0 Å². The zero-order valence-corrected chi connectivity index (χ0v) is 13.7. The minimum absolute atomic E-state index is 0.184. The van der Waals surface area contributed by atoms with E-state index in [9.17, 15) is 4.39 Å². The fourth-order valence-electron chi connectivity index (χ4n) is 2.73. The largest absolute Gasteiger partial charge is 0.368 e. The molecule has 2 aromatic rings. The third-order valence-electron chi connectivity index (χ3n) is 4.01. The molecular weight excluding hydrogens is 335 g/mol. The van der Waals surface area contributed by atoms with Crippen molar-refractivity contribution < 1.29 is 4.39 Å². The molecule has 0 radical (unpaired) electrons. The average molecular weight is 353 g/mol. The summed E-state index contributed by atoms with van der Waals surface area (Å²) in [6.45, 7) is 1.77. The minimum atomic E-state index is -0.184. The maximum Gasteiger partial charge on any atom is 0.148 e. The molecule has 1 saturated heterocycles. The van der Waals surface area contributed by atoms with Crippen LogP contribution in [0.3, 0.4) is 0 Å². The highest BCUT2D eigenvalue weighted by Crippen LogP contribution is 2.27. The van der Waals surface area contributed by atoms with E-state index < -0.39 is 0 Å². The van der Waals surface area contributed by atoms with Crippen molar-refractivity contribution in [2.75, 3.05) is 32.1 Å². The van der Waals surface area contributed by atoms with Gasteiger partial charge in [0, 0.05) is 37.1 Å². The van der Waals surface area contributed by atoms with Gasteiger partial charge in [-0.2, -0.15) is 0 Å². The Labute approximate surface area is 132 Å². The Bertz CT molecular complexity index is 640. The maximum atomic E-state index is 14.4. The molecule has 0 N–H and O–H groups in total. The Morgan fingerprint density at radius 1 is 1.38 bits per heavy atom. The van der Waals surface area contributed by atoms with Crippen LogP contribution in [0.25, 0.3) is 5.69 Å². The highest BCUT2D eigenvalue weighted by atomic mass is 79.9. The predicted molar refractivity (Wildman–Crippen MR) is 85.5 cm³/mol. The van der Waals surface area contributed by atoms with Crippen LogP contribution in [0, 0.1) is 5.82 Å². The molecule has 0 saturated carbocycles. The Morgan fingerprint density at radius 2 is 2.19 bits per heavy atom. The second-order valence-corrected chi connectivity index (χ2v) is 6.40. The van der Waals surface area contributed by atoms with E-state index in [0.717, 1.165) is 29.8 Å². The quantitative estimate of drug-likeness (QED) is 0.848. The van der Waals surface area contributed by atoms with Gasteiger partial charge >= 0.3 is 0 Å². The second kappa shape index (κ2) is 5.77. The molecule has 6 heteroatoms. The Hall–Kier alpha value is -1.40. The number of nitrogens with zero attached hydrogens (tertiary/aromatic N) is 4. The topological polar surface area (TPSA) is 24.3 Å². The molecule has 4 nitrogen and oxygen atoms in total. The van der Waals surface area contributed by atoms with E-state index in [1.165, 1.54) is 0 Å². The van der Waals surface area contributed by atoms with Crippen molar-refractivity contribution in [1.82, 2.24) is 14.5 Å². The van der Waals surface area contributed by atoms with Gasteiger partial charge in [-0.05, 0) is 48.6 Å². The summed E-state index contributed by atoms with van der Waals surface area (Å²) in [5.41, 5.74) is 1.46. The van der Waals surface area contributed by atoms with Gasteiger partial charge in [0.25, 0.3) is 0 Å². The number of benzene rings is 1. The van der Waals surface area contributed by atoms with Crippen LogP contribution >= 0.6 is 15.9 Å². The van der Waals surface area contributed by atoms with Gasteiger partial charge in [0.05, 0.1) is 5.69 Å². The smallest absolute Gasteiger partial charge is 0.148 e. The van der Waals surface area contributed by atoms with Crippen LogP contribution < -0.4 is 4.90 Å². The Morgan fingerprint density at radius 3 is 2.76 bits per heavy atom. The van der Waals surface area contributed by atoms with Gasteiger partial charge in [0.1, 0.15) is 16.7 Å². The lowest BCUT2D eigenvalue weighted by molar-refractivity contribution is 0.315. The summed E-state index contributed by atoms with van der Waals surface area (Å²) in [6.07, 6.45) is 4.55. The van der Waals surface area contributed by atoms with Crippen molar-refractivity contribution in [1.29, 1.82) is 0 Å². The summed E-state index contributed by atoms with van der Waals surface area (Å²) in [5, 5.41) is 0. The minimum Gasteiger partial charge on any atom is -0.368 e. The molecular formula is C15H18BrFN4. The van der Waals surface area contributed by atoms with Crippen molar-refractivity contribution in [3.63, 3.8) is 0 Å². The van der Waals surface area contributed by atoms with Crippen LogP contribution in [-0.4, -0.2) is 47.7 Å². The molecule has 112 valence electrons. The lowest BCUT2D eigenvalue weighted by Crippen LogP contribution is -2.31. The monoisotopic (exact) mass is 352 g/mol. The second-order valence-electron chi connectivity index (χ2n) is 5.59. The van der Waals surface area contributed by atoms with Crippen molar-refractivity contribution in [2.24, 2.45) is 0 Å². The molecule has 3 rings (SSSR count). The van der Waals surface area contributed by atoms with Gasteiger partial charge in [0.2, 0.25) is 0 Å².